The van der Waals surface area contributed by atoms with Gasteiger partial charge in [0.2, 0.25) is 0 Å². The molecule has 0 amide bonds. The average molecular weight is 463 g/mol. The second kappa shape index (κ2) is 9.74. The zero-order valence-corrected chi connectivity index (χ0v) is 18.4. The maximum Gasteiger partial charge on any atom is 0.255 e. The maximum atomic E-state index is 14.7. The lowest BCUT2D eigenvalue weighted by molar-refractivity contribution is 0.128. The molecule has 34 heavy (non-hydrogen) atoms. The van der Waals surface area contributed by atoms with E-state index in [1.807, 2.05) is 0 Å². The van der Waals surface area contributed by atoms with E-state index in [0.717, 1.165) is 12.1 Å². The van der Waals surface area contributed by atoms with Crippen molar-refractivity contribution in [1.82, 2.24) is 9.55 Å². The SMILES string of the molecule is Cc1cc(F)cc(C)c1-n1cc(C(=NOCc2ccccn2)c2ccc(F)cc2F)ccc1=O. The highest BCUT2D eigenvalue weighted by Gasteiger charge is 2.17. The number of aryl methyl sites for hydroxylation is 2. The van der Waals surface area contributed by atoms with E-state index in [0.29, 0.717) is 28.1 Å². The highest BCUT2D eigenvalue weighted by atomic mass is 19.1. The molecule has 0 spiro atoms. The number of hydrogen-bond acceptors (Lipinski definition) is 4. The quantitative estimate of drug-likeness (QED) is 0.290. The van der Waals surface area contributed by atoms with Crippen LogP contribution in [0.5, 0.6) is 0 Å². The molecule has 2 aromatic carbocycles. The minimum atomic E-state index is -0.841. The summed E-state index contributed by atoms with van der Waals surface area (Å²) in [6, 6.07) is 13.8. The van der Waals surface area contributed by atoms with Gasteiger partial charge in [0, 0.05) is 35.7 Å². The molecule has 0 N–H and O–H groups in total. The fourth-order valence-electron chi connectivity index (χ4n) is 3.67. The van der Waals surface area contributed by atoms with Crippen LogP contribution in [0.2, 0.25) is 0 Å². The summed E-state index contributed by atoms with van der Waals surface area (Å²) in [5, 5.41) is 4.11. The normalized spacial score (nSPS) is 11.5. The van der Waals surface area contributed by atoms with E-state index in [2.05, 4.69) is 10.1 Å². The third kappa shape index (κ3) is 4.91. The zero-order valence-electron chi connectivity index (χ0n) is 18.4. The molecule has 4 aromatic rings. The summed E-state index contributed by atoms with van der Waals surface area (Å²) >= 11 is 0. The molecule has 2 heterocycles. The van der Waals surface area contributed by atoms with Crippen molar-refractivity contribution in [2.24, 2.45) is 5.16 Å². The summed E-state index contributed by atoms with van der Waals surface area (Å²) in [6.07, 6.45) is 3.08. The molecule has 0 saturated carbocycles. The Morgan fingerprint density at radius 3 is 2.41 bits per heavy atom. The third-order valence-electron chi connectivity index (χ3n) is 5.16. The van der Waals surface area contributed by atoms with Crippen molar-refractivity contribution in [3.05, 3.63) is 129 Å². The van der Waals surface area contributed by atoms with Crippen LogP contribution >= 0.6 is 0 Å². The lowest BCUT2D eigenvalue weighted by Crippen LogP contribution is -2.21. The molecule has 0 atom stereocenters. The maximum absolute atomic E-state index is 14.7. The van der Waals surface area contributed by atoms with E-state index in [4.69, 9.17) is 4.84 Å². The molecule has 8 heteroatoms. The van der Waals surface area contributed by atoms with Crippen LogP contribution in [0.1, 0.15) is 27.9 Å². The van der Waals surface area contributed by atoms with Crippen molar-refractivity contribution in [1.29, 1.82) is 0 Å². The smallest absolute Gasteiger partial charge is 0.255 e. The fraction of sp³-hybridized carbons (Fsp3) is 0.115. The molecule has 0 radical (unpaired) electrons. The average Bonchev–Trinajstić information content (AvgIpc) is 2.79. The second-order valence-electron chi connectivity index (χ2n) is 7.67. The van der Waals surface area contributed by atoms with E-state index in [9.17, 15) is 18.0 Å². The van der Waals surface area contributed by atoms with Crippen molar-refractivity contribution in [2.45, 2.75) is 20.5 Å². The van der Waals surface area contributed by atoms with Crippen LogP contribution in [-0.4, -0.2) is 15.3 Å². The number of pyridine rings is 2. The van der Waals surface area contributed by atoms with Gasteiger partial charge in [-0.1, -0.05) is 11.2 Å². The lowest BCUT2D eigenvalue weighted by Gasteiger charge is -2.15. The molecular formula is C26H20F3N3O2. The first-order valence-corrected chi connectivity index (χ1v) is 10.4. The van der Waals surface area contributed by atoms with Gasteiger partial charge < -0.3 is 4.84 Å². The van der Waals surface area contributed by atoms with Gasteiger partial charge in [0.15, 0.2) is 6.61 Å². The summed E-state index contributed by atoms with van der Waals surface area (Å²) in [6.45, 7) is 3.40. The minimum Gasteiger partial charge on any atom is -0.389 e. The summed E-state index contributed by atoms with van der Waals surface area (Å²) in [4.78, 5) is 22.3. The van der Waals surface area contributed by atoms with Gasteiger partial charge in [0.1, 0.15) is 23.2 Å². The highest BCUT2D eigenvalue weighted by molar-refractivity contribution is 6.12. The van der Waals surface area contributed by atoms with Crippen molar-refractivity contribution < 1.29 is 18.0 Å². The number of aromatic nitrogens is 2. The van der Waals surface area contributed by atoms with Gasteiger partial charge in [0.25, 0.3) is 5.56 Å². The number of rotatable bonds is 6. The standard InChI is InChI=1S/C26H20F3N3O2/c1-16-11-20(28)12-17(2)26(16)32-14-18(6-9-24(32)33)25(22-8-7-19(27)13-23(22)29)31-34-15-21-5-3-4-10-30-21/h3-14H,15H2,1-2H3. The van der Waals surface area contributed by atoms with E-state index in [1.165, 1.54) is 41.1 Å². The largest absolute Gasteiger partial charge is 0.389 e. The fourth-order valence-corrected chi connectivity index (χ4v) is 3.67. The first kappa shape index (κ1) is 23.0. The van der Waals surface area contributed by atoms with Crippen molar-refractivity contribution >= 4 is 5.71 Å². The second-order valence-corrected chi connectivity index (χ2v) is 7.67. The van der Waals surface area contributed by atoms with Gasteiger partial charge in [-0.25, -0.2) is 13.2 Å². The predicted octanol–water partition coefficient (Wildman–Crippen LogP) is 5.24. The molecule has 0 aliphatic carbocycles. The van der Waals surface area contributed by atoms with Gasteiger partial charge in [-0.2, -0.15) is 0 Å². The van der Waals surface area contributed by atoms with Gasteiger partial charge in [-0.15, -0.1) is 0 Å². The topological polar surface area (TPSA) is 56.5 Å². The Labute approximate surface area is 193 Å². The highest BCUT2D eigenvalue weighted by Crippen LogP contribution is 2.21. The van der Waals surface area contributed by atoms with Gasteiger partial charge in [-0.3, -0.25) is 14.3 Å². The Morgan fingerprint density at radius 1 is 0.971 bits per heavy atom. The molecule has 0 bridgehead atoms. The molecular weight excluding hydrogens is 443 g/mol. The molecule has 4 rings (SSSR count). The number of nitrogens with zero attached hydrogens (tertiary/aromatic N) is 3. The van der Waals surface area contributed by atoms with Crippen LogP contribution in [0, 0.1) is 31.3 Å². The van der Waals surface area contributed by atoms with Crippen LogP contribution < -0.4 is 5.56 Å². The third-order valence-corrected chi connectivity index (χ3v) is 5.16. The summed E-state index contributed by atoms with van der Waals surface area (Å²) in [5.74, 6) is -1.99. The van der Waals surface area contributed by atoms with E-state index in [-0.39, 0.29) is 23.4 Å². The molecule has 5 nitrogen and oxygen atoms in total. The van der Waals surface area contributed by atoms with Crippen LogP contribution in [-0.2, 0) is 11.4 Å². The minimum absolute atomic E-state index is 0.0137. The summed E-state index contributed by atoms with van der Waals surface area (Å²) in [7, 11) is 0. The van der Waals surface area contributed by atoms with E-state index in [1.54, 1.807) is 38.2 Å². The Bertz CT molecular complexity index is 1410. The lowest BCUT2D eigenvalue weighted by atomic mass is 10.0. The van der Waals surface area contributed by atoms with E-state index >= 15 is 0 Å². The Kier molecular flexibility index (Phi) is 6.58. The monoisotopic (exact) mass is 463 g/mol. The number of hydrogen-bond donors (Lipinski definition) is 0. The Balaban J connectivity index is 1.83. The molecule has 0 fully saturated rings. The van der Waals surface area contributed by atoms with Crippen molar-refractivity contribution in [2.75, 3.05) is 0 Å². The van der Waals surface area contributed by atoms with Gasteiger partial charge >= 0.3 is 0 Å². The molecule has 0 unspecified atom stereocenters. The first-order valence-electron chi connectivity index (χ1n) is 10.4. The Morgan fingerprint density at radius 2 is 1.74 bits per heavy atom. The zero-order chi connectivity index (χ0) is 24.2. The van der Waals surface area contributed by atoms with Crippen LogP contribution in [0.3, 0.4) is 0 Å². The van der Waals surface area contributed by atoms with Gasteiger partial charge in [-0.05, 0) is 67.4 Å². The summed E-state index contributed by atoms with van der Waals surface area (Å²) in [5.41, 5.74) is 2.22. The number of benzene rings is 2. The van der Waals surface area contributed by atoms with Crippen LogP contribution in [0.15, 0.2) is 83.0 Å². The first-order chi connectivity index (χ1) is 16.3. The predicted molar refractivity (Wildman–Crippen MR) is 122 cm³/mol. The van der Waals surface area contributed by atoms with Crippen LogP contribution in [0.25, 0.3) is 5.69 Å². The van der Waals surface area contributed by atoms with Gasteiger partial charge in [0.05, 0.1) is 11.4 Å². The number of oxime groups is 1. The van der Waals surface area contributed by atoms with Crippen molar-refractivity contribution in [3.8, 4) is 5.69 Å². The van der Waals surface area contributed by atoms with Crippen molar-refractivity contribution in [3.63, 3.8) is 0 Å². The molecule has 0 aliphatic heterocycles. The number of halogens is 3. The molecule has 0 aliphatic rings. The Hall–Kier alpha value is -4.20. The molecule has 2 aromatic heterocycles. The molecule has 172 valence electrons. The molecule has 0 saturated heterocycles. The summed E-state index contributed by atoms with van der Waals surface area (Å²) < 4.78 is 43.4. The van der Waals surface area contributed by atoms with E-state index < -0.39 is 17.5 Å². The van der Waals surface area contributed by atoms with Crippen LogP contribution in [0.4, 0.5) is 13.2 Å².